The minimum absolute atomic E-state index is 0.174. The SMILES string of the molecule is NCC(O)(Cc1ccccn1)c1ccccc1. The average molecular weight is 228 g/mol. The highest BCUT2D eigenvalue weighted by atomic mass is 16.3. The second-order valence-corrected chi connectivity index (χ2v) is 4.10. The van der Waals surface area contributed by atoms with Crippen LogP contribution in [0.4, 0.5) is 0 Å². The third-order valence-electron chi connectivity index (χ3n) is 2.85. The molecule has 0 aliphatic carbocycles. The molecule has 3 N–H and O–H groups in total. The first-order chi connectivity index (χ1) is 8.24. The maximum atomic E-state index is 10.6. The van der Waals surface area contributed by atoms with Gasteiger partial charge < -0.3 is 10.8 Å². The minimum Gasteiger partial charge on any atom is -0.383 e. The second-order valence-electron chi connectivity index (χ2n) is 4.10. The van der Waals surface area contributed by atoms with Crippen LogP contribution in [0.1, 0.15) is 11.3 Å². The fourth-order valence-electron chi connectivity index (χ4n) is 1.84. The molecule has 0 spiro atoms. The molecule has 2 aromatic rings. The van der Waals surface area contributed by atoms with Crippen LogP contribution in [-0.2, 0) is 12.0 Å². The summed E-state index contributed by atoms with van der Waals surface area (Å²) < 4.78 is 0. The molecule has 17 heavy (non-hydrogen) atoms. The van der Waals surface area contributed by atoms with Crippen LogP contribution in [0.2, 0.25) is 0 Å². The number of rotatable bonds is 4. The lowest BCUT2D eigenvalue weighted by Gasteiger charge is -2.26. The van der Waals surface area contributed by atoms with Crippen molar-refractivity contribution in [3.8, 4) is 0 Å². The van der Waals surface area contributed by atoms with E-state index in [4.69, 9.17) is 5.73 Å². The molecule has 0 saturated carbocycles. The summed E-state index contributed by atoms with van der Waals surface area (Å²) in [7, 11) is 0. The summed E-state index contributed by atoms with van der Waals surface area (Å²) in [6.07, 6.45) is 2.14. The Balaban J connectivity index is 2.27. The number of benzene rings is 1. The Morgan fingerprint density at radius 1 is 1.06 bits per heavy atom. The van der Waals surface area contributed by atoms with Gasteiger partial charge in [0, 0.05) is 24.9 Å². The largest absolute Gasteiger partial charge is 0.383 e. The number of nitrogens with zero attached hydrogens (tertiary/aromatic N) is 1. The summed E-state index contributed by atoms with van der Waals surface area (Å²) in [5.41, 5.74) is 6.33. The summed E-state index contributed by atoms with van der Waals surface area (Å²) in [5.74, 6) is 0. The van der Waals surface area contributed by atoms with Gasteiger partial charge in [-0.1, -0.05) is 36.4 Å². The van der Waals surface area contributed by atoms with E-state index in [0.717, 1.165) is 11.3 Å². The summed E-state index contributed by atoms with van der Waals surface area (Å²) in [6, 6.07) is 15.1. The van der Waals surface area contributed by atoms with Gasteiger partial charge in [0.25, 0.3) is 0 Å². The van der Waals surface area contributed by atoms with Crippen LogP contribution in [0.3, 0.4) is 0 Å². The highest BCUT2D eigenvalue weighted by Crippen LogP contribution is 2.23. The number of aliphatic hydroxyl groups is 1. The van der Waals surface area contributed by atoms with Crippen LogP contribution in [-0.4, -0.2) is 16.6 Å². The average Bonchev–Trinajstić information content (AvgIpc) is 2.41. The summed E-state index contributed by atoms with van der Waals surface area (Å²) >= 11 is 0. The molecule has 1 atom stereocenters. The summed E-state index contributed by atoms with van der Waals surface area (Å²) in [4.78, 5) is 4.22. The maximum absolute atomic E-state index is 10.6. The van der Waals surface area contributed by atoms with E-state index in [0.29, 0.717) is 6.42 Å². The van der Waals surface area contributed by atoms with Gasteiger partial charge in [-0.05, 0) is 17.7 Å². The fraction of sp³-hybridized carbons (Fsp3) is 0.214. The van der Waals surface area contributed by atoms with Crippen LogP contribution in [0.25, 0.3) is 0 Å². The predicted molar refractivity (Wildman–Crippen MR) is 67.3 cm³/mol. The quantitative estimate of drug-likeness (QED) is 0.833. The molecule has 1 heterocycles. The van der Waals surface area contributed by atoms with Crippen molar-refractivity contribution in [2.45, 2.75) is 12.0 Å². The Kier molecular flexibility index (Phi) is 3.52. The van der Waals surface area contributed by atoms with E-state index < -0.39 is 5.60 Å². The predicted octanol–water partition coefficient (Wildman–Crippen LogP) is 1.47. The molecule has 1 unspecified atom stereocenters. The van der Waals surface area contributed by atoms with E-state index in [-0.39, 0.29) is 6.54 Å². The first kappa shape index (κ1) is 11.8. The third-order valence-corrected chi connectivity index (χ3v) is 2.85. The van der Waals surface area contributed by atoms with Crippen molar-refractivity contribution < 1.29 is 5.11 Å². The number of nitrogens with two attached hydrogens (primary N) is 1. The lowest BCUT2D eigenvalue weighted by molar-refractivity contribution is 0.0453. The normalized spacial score (nSPS) is 14.2. The van der Waals surface area contributed by atoms with Gasteiger partial charge in [0.2, 0.25) is 0 Å². The first-order valence-corrected chi connectivity index (χ1v) is 5.62. The van der Waals surface area contributed by atoms with Crippen LogP contribution >= 0.6 is 0 Å². The van der Waals surface area contributed by atoms with Gasteiger partial charge in [0.1, 0.15) is 5.60 Å². The van der Waals surface area contributed by atoms with E-state index in [2.05, 4.69) is 4.98 Å². The molecule has 3 nitrogen and oxygen atoms in total. The van der Waals surface area contributed by atoms with Gasteiger partial charge in [0.05, 0.1) is 0 Å². The Morgan fingerprint density at radius 3 is 2.35 bits per heavy atom. The van der Waals surface area contributed by atoms with Crippen molar-refractivity contribution in [2.24, 2.45) is 5.73 Å². The second kappa shape index (κ2) is 5.08. The fourth-order valence-corrected chi connectivity index (χ4v) is 1.84. The third kappa shape index (κ3) is 2.70. The van der Waals surface area contributed by atoms with Crippen molar-refractivity contribution in [3.63, 3.8) is 0 Å². The number of hydrogen-bond acceptors (Lipinski definition) is 3. The molecule has 3 heteroatoms. The Labute approximate surface area is 101 Å². The zero-order chi connectivity index (χ0) is 12.1. The Hall–Kier alpha value is -1.71. The highest BCUT2D eigenvalue weighted by molar-refractivity contribution is 5.25. The van der Waals surface area contributed by atoms with E-state index in [1.165, 1.54) is 0 Å². The van der Waals surface area contributed by atoms with Crippen molar-refractivity contribution in [3.05, 3.63) is 66.0 Å². The van der Waals surface area contributed by atoms with Gasteiger partial charge in [-0.15, -0.1) is 0 Å². The molecule has 0 amide bonds. The lowest BCUT2D eigenvalue weighted by Crippen LogP contribution is -2.37. The molecule has 0 aliphatic heterocycles. The van der Waals surface area contributed by atoms with Crippen molar-refractivity contribution in [1.82, 2.24) is 4.98 Å². The summed E-state index contributed by atoms with van der Waals surface area (Å²) in [5, 5.41) is 10.6. The molecule has 0 aliphatic rings. The van der Waals surface area contributed by atoms with E-state index >= 15 is 0 Å². The zero-order valence-electron chi connectivity index (χ0n) is 9.58. The van der Waals surface area contributed by atoms with Crippen molar-refractivity contribution in [1.29, 1.82) is 0 Å². The monoisotopic (exact) mass is 228 g/mol. The number of aromatic nitrogens is 1. The van der Waals surface area contributed by atoms with Gasteiger partial charge in [0.15, 0.2) is 0 Å². The van der Waals surface area contributed by atoms with E-state index in [1.54, 1.807) is 6.20 Å². The zero-order valence-corrected chi connectivity index (χ0v) is 9.58. The molecule has 0 saturated heterocycles. The molecule has 1 aromatic heterocycles. The van der Waals surface area contributed by atoms with Gasteiger partial charge in [-0.2, -0.15) is 0 Å². The van der Waals surface area contributed by atoms with E-state index in [1.807, 2.05) is 48.5 Å². The molecule has 0 fully saturated rings. The smallest absolute Gasteiger partial charge is 0.107 e. The molecule has 1 aromatic carbocycles. The topological polar surface area (TPSA) is 59.1 Å². The van der Waals surface area contributed by atoms with Gasteiger partial charge in [-0.3, -0.25) is 4.98 Å². The Bertz CT molecular complexity index is 458. The first-order valence-electron chi connectivity index (χ1n) is 5.62. The van der Waals surface area contributed by atoms with Gasteiger partial charge in [-0.25, -0.2) is 0 Å². The van der Waals surface area contributed by atoms with Crippen molar-refractivity contribution >= 4 is 0 Å². The lowest BCUT2D eigenvalue weighted by atomic mass is 9.89. The van der Waals surface area contributed by atoms with E-state index in [9.17, 15) is 5.11 Å². The van der Waals surface area contributed by atoms with Gasteiger partial charge >= 0.3 is 0 Å². The molecular weight excluding hydrogens is 212 g/mol. The van der Waals surface area contributed by atoms with Crippen LogP contribution in [0.5, 0.6) is 0 Å². The Morgan fingerprint density at radius 2 is 1.76 bits per heavy atom. The highest BCUT2D eigenvalue weighted by Gasteiger charge is 2.28. The molecule has 0 bridgehead atoms. The minimum atomic E-state index is -1.05. The molecular formula is C14H16N2O. The molecule has 88 valence electrons. The standard InChI is InChI=1S/C14H16N2O/c15-11-14(17,12-6-2-1-3-7-12)10-13-8-4-5-9-16-13/h1-9,17H,10-11,15H2. The molecule has 0 radical (unpaired) electrons. The van der Waals surface area contributed by atoms with Crippen LogP contribution in [0.15, 0.2) is 54.7 Å². The maximum Gasteiger partial charge on any atom is 0.107 e. The van der Waals surface area contributed by atoms with Crippen molar-refractivity contribution in [2.75, 3.05) is 6.54 Å². The molecule has 2 rings (SSSR count). The van der Waals surface area contributed by atoms with Crippen LogP contribution in [0, 0.1) is 0 Å². The summed E-state index contributed by atoms with van der Waals surface area (Å²) in [6.45, 7) is 0.174. The number of hydrogen-bond donors (Lipinski definition) is 2. The number of pyridine rings is 1. The van der Waals surface area contributed by atoms with Crippen LogP contribution < -0.4 is 5.73 Å².